The molecule has 16 heavy (non-hydrogen) atoms. The molecule has 0 bridgehead atoms. The predicted molar refractivity (Wildman–Crippen MR) is 66.3 cm³/mol. The Morgan fingerprint density at radius 1 is 1.56 bits per heavy atom. The number of nitrogens with zero attached hydrogens (tertiary/aromatic N) is 2. The molecule has 3 nitrogen and oxygen atoms in total. The van der Waals surface area contributed by atoms with Crippen LogP contribution in [-0.4, -0.2) is 21.9 Å². The molecular weight excluding hydrogens is 198 g/mol. The molecule has 0 saturated carbocycles. The van der Waals surface area contributed by atoms with Crippen LogP contribution in [-0.2, 0) is 13.5 Å². The van der Waals surface area contributed by atoms with Crippen molar-refractivity contribution in [2.45, 2.75) is 45.1 Å². The van der Waals surface area contributed by atoms with Crippen LogP contribution in [0.15, 0.2) is 12.3 Å². The molecule has 2 heterocycles. The van der Waals surface area contributed by atoms with Gasteiger partial charge in [-0.05, 0) is 37.8 Å². The van der Waals surface area contributed by atoms with Gasteiger partial charge in [-0.2, -0.15) is 5.10 Å². The highest BCUT2D eigenvalue weighted by Crippen LogP contribution is 2.30. The number of aromatic nitrogens is 2. The van der Waals surface area contributed by atoms with Crippen molar-refractivity contribution in [2.75, 3.05) is 6.54 Å². The maximum absolute atomic E-state index is 4.50. The van der Waals surface area contributed by atoms with E-state index in [0.29, 0.717) is 5.54 Å². The zero-order chi connectivity index (χ0) is 11.6. The predicted octanol–water partition coefficient (Wildman–Crippen LogP) is 2.13. The Balaban J connectivity index is 2.08. The van der Waals surface area contributed by atoms with E-state index in [1.165, 1.54) is 31.5 Å². The van der Waals surface area contributed by atoms with Gasteiger partial charge in [0.2, 0.25) is 0 Å². The monoisotopic (exact) mass is 221 g/mol. The summed E-state index contributed by atoms with van der Waals surface area (Å²) in [5.74, 6) is 0.745. The topological polar surface area (TPSA) is 29.9 Å². The van der Waals surface area contributed by atoms with Gasteiger partial charge in [0.15, 0.2) is 0 Å². The fourth-order valence-electron chi connectivity index (χ4n) is 2.95. The largest absolute Gasteiger partial charge is 0.311 e. The van der Waals surface area contributed by atoms with Crippen LogP contribution in [0.4, 0.5) is 0 Å². The van der Waals surface area contributed by atoms with Gasteiger partial charge in [-0.3, -0.25) is 4.68 Å². The summed E-state index contributed by atoms with van der Waals surface area (Å²) in [6.45, 7) is 5.78. The average molecular weight is 221 g/mol. The first kappa shape index (κ1) is 11.6. The maximum atomic E-state index is 4.50. The number of aryl methyl sites for hydroxylation is 1. The molecule has 1 fully saturated rings. The van der Waals surface area contributed by atoms with Gasteiger partial charge in [0.25, 0.3) is 0 Å². The Kier molecular flexibility index (Phi) is 3.33. The molecule has 1 aromatic rings. The fraction of sp³-hybridized carbons (Fsp3) is 0.769. The van der Waals surface area contributed by atoms with E-state index in [1.807, 2.05) is 17.9 Å². The van der Waals surface area contributed by atoms with Crippen LogP contribution in [0.25, 0.3) is 0 Å². The fourth-order valence-corrected chi connectivity index (χ4v) is 2.95. The molecule has 0 radical (unpaired) electrons. The van der Waals surface area contributed by atoms with Crippen LogP contribution < -0.4 is 5.32 Å². The summed E-state index contributed by atoms with van der Waals surface area (Å²) in [5, 5.41) is 8.21. The smallest absolute Gasteiger partial charge is 0.0642 e. The van der Waals surface area contributed by atoms with Crippen molar-refractivity contribution < 1.29 is 0 Å². The molecule has 1 atom stereocenters. The Morgan fingerprint density at radius 3 is 2.88 bits per heavy atom. The molecule has 90 valence electrons. The molecule has 0 aromatic carbocycles. The molecule has 1 saturated heterocycles. The molecule has 3 heteroatoms. The van der Waals surface area contributed by atoms with E-state index in [2.05, 4.69) is 30.3 Å². The van der Waals surface area contributed by atoms with Crippen molar-refractivity contribution in [3.05, 3.63) is 18.0 Å². The van der Waals surface area contributed by atoms with Crippen molar-refractivity contribution in [1.29, 1.82) is 0 Å². The highest BCUT2D eigenvalue weighted by Gasteiger charge is 2.34. The van der Waals surface area contributed by atoms with E-state index in [-0.39, 0.29) is 0 Å². The first-order valence-corrected chi connectivity index (χ1v) is 6.33. The molecule has 0 aliphatic carbocycles. The van der Waals surface area contributed by atoms with Crippen LogP contribution in [0.3, 0.4) is 0 Å². The molecule has 0 spiro atoms. The lowest BCUT2D eigenvalue weighted by Gasteiger charge is -2.30. The first-order valence-electron chi connectivity index (χ1n) is 6.33. The van der Waals surface area contributed by atoms with Crippen LogP contribution in [0.1, 0.15) is 38.8 Å². The quantitative estimate of drug-likeness (QED) is 0.844. The molecule has 1 aromatic heterocycles. The molecule has 0 amide bonds. The highest BCUT2D eigenvalue weighted by atomic mass is 15.2. The van der Waals surface area contributed by atoms with Crippen LogP contribution >= 0.6 is 0 Å². The summed E-state index contributed by atoms with van der Waals surface area (Å²) < 4.78 is 1.90. The van der Waals surface area contributed by atoms with Gasteiger partial charge in [-0.15, -0.1) is 0 Å². The van der Waals surface area contributed by atoms with E-state index in [9.17, 15) is 0 Å². The van der Waals surface area contributed by atoms with Crippen LogP contribution in [0.2, 0.25) is 0 Å². The molecule has 1 N–H and O–H groups in total. The summed E-state index contributed by atoms with van der Waals surface area (Å²) in [5.41, 5.74) is 1.53. The number of hydrogen-bond acceptors (Lipinski definition) is 2. The number of nitrogens with one attached hydrogen (secondary N) is 1. The average Bonchev–Trinajstić information content (AvgIpc) is 2.76. The van der Waals surface area contributed by atoms with Crippen molar-refractivity contribution in [2.24, 2.45) is 13.0 Å². The first-order chi connectivity index (χ1) is 7.60. The molecule has 1 aliphatic rings. The van der Waals surface area contributed by atoms with E-state index < -0.39 is 0 Å². The van der Waals surface area contributed by atoms with Gasteiger partial charge in [-0.25, -0.2) is 0 Å². The number of rotatable bonds is 4. The Morgan fingerprint density at radius 2 is 2.38 bits per heavy atom. The van der Waals surface area contributed by atoms with Crippen LogP contribution in [0.5, 0.6) is 0 Å². The molecule has 1 aliphatic heterocycles. The van der Waals surface area contributed by atoms with Gasteiger partial charge in [0.1, 0.15) is 0 Å². The van der Waals surface area contributed by atoms with Crippen LogP contribution in [0, 0.1) is 5.92 Å². The zero-order valence-corrected chi connectivity index (χ0v) is 10.7. The Bertz CT molecular complexity index is 335. The van der Waals surface area contributed by atoms with E-state index >= 15 is 0 Å². The third kappa shape index (κ3) is 2.64. The second-order valence-corrected chi connectivity index (χ2v) is 5.57. The van der Waals surface area contributed by atoms with Gasteiger partial charge < -0.3 is 5.32 Å². The summed E-state index contributed by atoms with van der Waals surface area (Å²) in [6, 6.07) is 2.14. The minimum atomic E-state index is 0.308. The minimum absolute atomic E-state index is 0.308. The van der Waals surface area contributed by atoms with E-state index in [0.717, 1.165) is 12.3 Å². The number of hydrogen-bond donors (Lipinski definition) is 1. The SMILES string of the molecule is CC(C)CC1(Cc2ccn(C)n2)CCCN1. The van der Waals surface area contributed by atoms with Gasteiger partial charge in [0.05, 0.1) is 5.69 Å². The standard InChI is InChI=1S/C13H23N3/c1-11(2)9-13(6-4-7-14-13)10-12-5-8-16(3)15-12/h5,8,11,14H,4,6-7,9-10H2,1-3H3. The van der Waals surface area contributed by atoms with Crippen molar-refractivity contribution in [3.63, 3.8) is 0 Å². The lowest BCUT2D eigenvalue weighted by Crippen LogP contribution is -2.43. The lowest BCUT2D eigenvalue weighted by atomic mass is 9.83. The zero-order valence-electron chi connectivity index (χ0n) is 10.7. The van der Waals surface area contributed by atoms with Crippen molar-refractivity contribution in [3.8, 4) is 0 Å². The maximum Gasteiger partial charge on any atom is 0.0642 e. The molecule has 2 rings (SSSR count). The van der Waals surface area contributed by atoms with Gasteiger partial charge in [0, 0.05) is 25.2 Å². The third-order valence-corrected chi connectivity index (χ3v) is 3.42. The Labute approximate surface area is 98.2 Å². The highest BCUT2D eigenvalue weighted by molar-refractivity contribution is 5.08. The summed E-state index contributed by atoms with van der Waals surface area (Å²) in [4.78, 5) is 0. The summed E-state index contributed by atoms with van der Waals surface area (Å²) in [7, 11) is 1.99. The van der Waals surface area contributed by atoms with Gasteiger partial charge in [-0.1, -0.05) is 13.8 Å². The summed E-state index contributed by atoms with van der Waals surface area (Å²) in [6.07, 6.45) is 6.96. The van der Waals surface area contributed by atoms with Gasteiger partial charge >= 0.3 is 0 Å². The van der Waals surface area contributed by atoms with Crippen molar-refractivity contribution in [1.82, 2.24) is 15.1 Å². The molecular formula is C13H23N3. The third-order valence-electron chi connectivity index (χ3n) is 3.42. The summed E-state index contributed by atoms with van der Waals surface area (Å²) >= 11 is 0. The second-order valence-electron chi connectivity index (χ2n) is 5.57. The van der Waals surface area contributed by atoms with E-state index in [1.54, 1.807) is 0 Å². The second kappa shape index (κ2) is 4.58. The minimum Gasteiger partial charge on any atom is -0.311 e. The Hall–Kier alpha value is -0.830. The normalized spacial score (nSPS) is 25.5. The molecule has 1 unspecified atom stereocenters. The van der Waals surface area contributed by atoms with E-state index in [4.69, 9.17) is 0 Å². The van der Waals surface area contributed by atoms with Crippen molar-refractivity contribution >= 4 is 0 Å². The lowest BCUT2D eigenvalue weighted by molar-refractivity contribution is 0.298.